The zero-order chi connectivity index (χ0) is 12.7. The van der Waals surface area contributed by atoms with Crippen molar-refractivity contribution in [1.29, 1.82) is 0 Å². The van der Waals surface area contributed by atoms with Gasteiger partial charge in [-0.25, -0.2) is 4.98 Å². The molecule has 1 aromatic carbocycles. The van der Waals surface area contributed by atoms with E-state index in [1.807, 2.05) is 0 Å². The van der Waals surface area contributed by atoms with E-state index in [4.69, 9.17) is 4.98 Å². The largest absolute Gasteiger partial charge is 0.337 e. The number of thiophene rings is 1. The summed E-state index contributed by atoms with van der Waals surface area (Å²) in [5, 5.41) is 0. The Hall–Kier alpha value is -1.13. The van der Waals surface area contributed by atoms with Crippen molar-refractivity contribution in [3.05, 3.63) is 39.2 Å². The predicted octanol–water partition coefficient (Wildman–Crippen LogP) is 4.92. The Balaban J connectivity index is 2.16. The molecule has 0 unspecified atom stereocenters. The summed E-state index contributed by atoms with van der Waals surface area (Å²) in [7, 11) is 0. The molecular formula is C14H13BrN2S. The Morgan fingerprint density at radius 3 is 2.89 bits per heavy atom. The lowest BCUT2D eigenvalue weighted by atomic mass is 10.2. The third-order valence-electron chi connectivity index (χ3n) is 2.99. The van der Waals surface area contributed by atoms with Gasteiger partial charge in [0.15, 0.2) is 0 Å². The van der Waals surface area contributed by atoms with E-state index in [1.165, 1.54) is 15.3 Å². The number of halogens is 1. The summed E-state index contributed by atoms with van der Waals surface area (Å²) in [4.78, 5) is 10.7. The Morgan fingerprint density at radius 2 is 2.17 bits per heavy atom. The van der Waals surface area contributed by atoms with Crippen LogP contribution in [0.1, 0.15) is 17.4 Å². The van der Waals surface area contributed by atoms with E-state index in [9.17, 15) is 0 Å². The minimum atomic E-state index is 0.968. The number of aromatic nitrogens is 2. The molecule has 0 amide bonds. The van der Waals surface area contributed by atoms with Crippen LogP contribution in [0.4, 0.5) is 0 Å². The molecule has 0 radical (unpaired) electrons. The van der Waals surface area contributed by atoms with Crippen molar-refractivity contribution < 1.29 is 0 Å². The molecule has 0 atom stereocenters. The van der Waals surface area contributed by atoms with E-state index in [2.05, 4.69) is 59.0 Å². The molecule has 3 aromatic rings. The molecule has 0 spiro atoms. The summed E-state index contributed by atoms with van der Waals surface area (Å²) in [5.41, 5.74) is 3.33. The maximum absolute atomic E-state index is 4.71. The van der Waals surface area contributed by atoms with Crippen molar-refractivity contribution >= 4 is 38.3 Å². The first-order chi connectivity index (χ1) is 8.67. The third-order valence-corrected chi connectivity index (χ3v) is 4.68. The molecule has 0 aliphatic rings. The van der Waals surface area contributed by atoms with Gasteiger partial charge in [-0.3, -0.25) is 0 Å². The second-order valence-corrected chi connectivity index (χ2v) is 6.41. The van der Waals surface area contributed by atoms with E-state index in [0.717, 1.165) is 27.8 Å². The van der Waals surface area contributed by atoms with Gasteiger partial charge in [0.25, 0.3) is 0 Å². The topological polar surface area (TPSA) is 28.7 Å². The molecular weight excluding hydrogens is 308 g/mol. The molecule has 0 saturated carbocycles. The van der Waals surface area contributed by atoms with E-state index < -0.39 is 0 Å². The van der Waals surface area contributed by atoms with Crippen LogP contribution in [0.25, 0.3) is 21.7 Å². The van der Waals surface area contributed by atoms with Gasteiger partial charge in [0.2, 0.25) is 0 Å². The SMILES string of the molecule is CCc1ccc(-c2nc3c(C)cc(Br)cc3[nH]2)s1. The molecule has 0 fully saturated rings. The number of fused-ring (bicyclic) bond motifs is 1. The highest BCUT2D eigenvalue weighted by Crippen LogP contribution is 2.30. The number of benzene rings is 1. The van der Waals surface area contributed by atoms with Crippen molar-refractivity contribution in [2.75, 3.05) is 0 Å². The normalized spacial score (nSPS) is 11.3. The zero-order valence-corrected chi connectivity index (χ0v) is 12.7. The van der Waals surface area contributed by atoms with Gasteiger partial charge in [0.05, 0.1) is 15.9 Å². The maximum Gasteiger partial charge on any atom is 0.148 e. The fourth-order valence-corrected chi connectivity index (χ4v) is 3.52. The highest BCUT2D eigenvalue weighted by Gasteiger charge is 2.09. The highest BCUT2D eigenvalue weighted by molar-refractivity contribution is 9.10. The van der Waals surface area contributed by atoms with Crippen LogP contribution in [0, 0.1) is 6.92 Å². The number of hydrogen-bond donors (Lipinski definition) is 1. The molecule has 2 aromatic heterocycles. The molecule has 0 saturated heterocycles. The Labute approximate surface area is 118 Å². The van der Waals surface area contributed by atoms with Crippen LogP contribution in [-0.2, 0) is 6.42 Å². The minimum absolute atomic E-state index is 0.968. The van der Waals surface area contributed by atoms with Gasteiger partial charge in [0.1, 0.15) is 5.82 Å². The van der Waals surface area contributed by atoms with Crippen LogP contribution in [0.15, 0.2) is 28.7 Å². The van der Waals surface area contributed by atoms with Gasteiger partial charge >= 0.3 is 0 Å². The molecule has 2 heterocycles. The summed E-state index contributed by atoms with van der Waals surface area (Å²) < 4.78 is 1.09. The summed E-state index contributed by atoms with van der Waals surface area (Å²) >= 11 is 5.32. The monoisotopic (exact) mass is 320 g/mol. The number of aryl methyl sites for hydroxylation is 2. The van der Waals surface area contributed by atoms with E-state index in [1.54, 1.807) is 11.3 Å². The summed E-state index contributed by atoms with van der Waals surface area (Å²) in [5.74, 6) is 0.968. The number of H-pyrrole nitrogens is 1. The van der Waals surface area contributed by atoms with Gasteiger partial charge in [0, 0.05) is 9.35 Å². The number of nitrogens with zero attached hydrogens (tertiary/aromatic N) is 1. The van der Waals surface area contributed by atoms with Crippen molar-refractivity contribution in [3.8, 4) is 10.7 Å². The average molecular weight is 321 g/mol. The van der Waals surface area contributed by atoms with Crippen molar-refractivity contribution in [2.24, 2.45) is 0 Å². The second kappa shape index (κ2) is 4.52. The lowest BCUT2D eigenvalue weighted by Gasteiger charge is -1.94. The smallest absolute Gasteiger partial charge is 0.148 e. The summed E-state index contributed by atoms with van der Waals surface area (Å²) in [6, 6.07) is 8.49. The number of hydrogen-bond acceptors (Lipinski definition) is 2. The van der Waals surface area contributed by atoms with Crippen molar-refractivity contribution in [3.63, 3.8) is 0 Å². The first-order valence-electron chi connectivity index (χ1n) is 5.92. The lowest BCUT2D eigenvalue weighted by molar-refractivity contribution is 1.19. The second-order valence-electron chi connectivity index (χ2n) is 4.32. The fourth-order valence-electron chi connectivity index (χ4n) is 2.06. The van der Waals surface area contributed by atoms with Gasteiger partial charge in [-0.1, -0.05) is 22.9 Å². The lowest BCUT2D eigenvalue weighted by Crippen LogP contribution is -1.76. The Kier molecular flexibility index (Phi) is 2.99. The number of nitrogens with one attached hydrogen (secondary N) is 1. The molecule has 4 heteroatoms. The standard InChI is InChI=1S/C14H13BrN2S/c1-3-10-4-5-12(18-10)14-16-11-7-9(15)6-8(2)13(11)17-14/h4-7H,3H2,1-2H3,(H,16,17). The molecule has 0 bridgehead atoms. The quantitative estimate of drug-likeness (QED) is 0.713. The van der Waals surface area contributed by atoms with Gasteiger partial charge < -0.3 is 4.98 Å². The fraction of sp³-hybridized carbons (Fsp3) is 0.214. The van der Waals surface area contributed by atoms with Gasteiger partial charge in [-0.15, -0.1) is 11.3 Å². The Morgan fingerprint density at radius 1 is 1.33 bits per heavy atom. The van der Waals surface area contributed by atoms with Crippen LogP contribution < -0.4 is 0 Å². The molecule has 92 valence electrons. The van der Waals surface area contributed by atoms with E-state index in [0.29, 0.717) is 0 Å². The van der Waals surface area contributed by atoms with Crippen LogP contribution in [0.5, 0.6) is 0 Å². The van der Waals surface area contributed by atoms with E-state index in [-0.39, 0.29) is 0 Å². The first-order valence-corrected chi connectivity index (χ1v) is 7.53. The molecule has 2 nitrogen and oxygen atoms in total. The molecule has 3 rings (SSSR count). The number of imidazole rings is 1. The van der Waals surface area contributed by atoms with E-state index >= 15 is 0 Å². The van der Waals surface area contributed by atoms with Crippen LogP contribution in [-0.4, -0.2) is 9.97 Å². The number of rotatable bonds is 2. The Bertz CT molecular complexity index is 712. The molecule has 0 aliphatic carbocycles. The maximum atomic E-state index is 4.71. The highest BCUT2D eigenvalue weighted by atomic mass is 79.9. The first kappa shape index (κ1) is 11.9. The predicted molar refractivity (Wildman–Crippen MR) is 81.2 cm³/mol. The van der Waals surface area contributed by atoms with Gasteiger partial charge in [-0.05, 0) is 43.2 Å². The van der Waals surface area contributed by atoms with Crippen LogP contribution >= 0.6 is 27.3 Å². The average Bonchev–Trinajstić information content (AvgIpc) is 2.93. The van der Waals surface area contributed by atoms with Crippen molar-refractivity contribution in [2.45, 2.75) is 20.3 Å². The zero-order valence-electron chi connectivity index (χ0n) is 10.2. The molecule has 1 N–H and O–H groups in total. The molecule has 18 heavy (non-hydrogen) atoms. The third kappa shape index (κ3) is 1.99. The minimum Gasteiger partial charge on any atom is -0.337 e. The van der Waals surface area contributed by atoms with Crippen LogP contribution in [0.3, 0.4) is 0 Å². The molecule has 0 aliphatic heterocycles. The van der Waals surface area contributed by atoms with Crippen molar-refractivity contribution in [1.82, 2.24) is 9.97 Å². The number of aromatic amines is 1. The van der Waals surface area contributed by atoms with Crippen LogP contribution in [0.2, 0.25) is 0 Å². The summed E-state index contributed by atoms with van der Waals surface area (Å²) in [6.45, 7) is 4.26. The summed E-state index contributed by atoms with van der Waals surface area (Å²) in [6.07, 6.45) is 1.08. The van der Waals surface area contributed by atoms with Gasteiger partial charge in [-0.2, -0.15) is 0 Å².